The van der Waals surface area contributed by atoms with Gasteiger partial charge in [-0.1, -0.05) is 51.1 Å². The molecule has 1 amide bonds. The number of carbonyl (C=O) groups excluding carboxylic acids is 1. The van der Waals surface area contributed by atoms with Crippen molar-refractivity contribution in [3.8, 4) is 16.9 Å². The second-order valence-corrected chi connectivity index (χ2v) is 6.97. The molecule has 4 nitrogen and oxygen atoms in total. The highest BCUT2D eigenvalue weighted by Gasteiger charge is 2.23. The second kappa shape index (κ2) is 6.55. The Hall–Kier alpha value is -2.88. The average Bonchev–Trinajstić information content (AvgIpc) is 2.60. The summed E-state index contributed by atoms with van der Waals surface area (Å²) >= 11 is 0. The van der Waals surface area contributed by atoms with Crippen LogP contribution < -0.4 is 10.1 Å². The van der Waals surface area contributed by atoms with Gasteiger partial charge in [0.2, 0.25) is 5.91 Å². The van der Waals surface area contributed by atoms with E-state index in [1.165, 1.54) is 0 Å². The number of pyridine rings is 1. The third-order valence-corrected chi connectivity index (χ3v) is 4.08. The molecule has 0 bridgehead atoms. The van der Waals surface area contributed by atoms with Crippen molar-refractivity contribution >= 4 is 22.5 Å². The second-order valence-electron chi connectivity index (χ2n) is 6.97. The summed E-state index contributed by atoms with van der Waals surface area (Å²) in [4.78, 5) is 16.9. The summed E-state index contributed by atoms with van der Waals surface area (Å²) in [6.45, 7) is 5.68. The largest absolute Gasteiger partial charge is 0.494 e. The molecular weight excluding hydrogens is 312 g/mol. The number of benzene rings is 2. The van der Waals surface area contributed by atoms with E-state index in [1.807, 2.05) is 69.3 Å². The summed E-state index contributed by atoms with van der Waals surface area (Å²) in [7, 11) is 1.64. The molecule has 4 heteroatoms. The Morgan fingerprint density at radius 3 is 2.48 bits per heavy atom. The van der Waals surface area contributed by atoms with Crippen molar-refractivity contribution in [2.45, 2.75) is 20.8 Å². The number of hydrogen-bond acceptors (Lipinski definition) is 3. The molecule has 0 atom stereocenters. The lowest BCUT2D eigenvalue weighted by Crippen LogP contribution is -2.27. The quantitative estimate of drug-likeness (QED) is 0.741. The molecule has 1 N–H and O–H groups in total. The van der Waals surface area contributed by atoms with Crippen molar-refractivity contribution in [2.75, 3.05) is 12.4 Å². The Bertz CT molecular complexity index is 927. The van der Waals surface area contributed by atoms with Gasteiger partial charge in [0.05, 0.1) is 7.11 Å². The fourth-order valence-electron chi connectivity index (χ4n) is 2.67. The van der Waals surface area contributed by atoms with Gasteiger partial charge in [-0.3, -0.25) is 9.78 Å². The number of anilines is 1. The Morgan fingerprint density at radius 1 is 1.00 bits per heavy atom. The van der Waals surface area contributed by atoms with Crippen molar-refractivity contribution < 1.29 is 9.53 Å². The number of nitrogens with zero attached hydrogens (tertiary/aromatic N) is 1. The third kappa shape index (κ3) is 3.33. The maximum Gasteiger partial charge on any atom is 0.229 e. The summed E-state index contributed by atoms with van der Waals surface area (Å²) in [6, 6.07) is 15.7. The van der Waals surface area contributed by atoms with Crippen LogP contribution >= 0.6 is 0 Å². The Balaban J connectivity index is 2.15. The van der Waals surface area contributed by atoms with Gasteiger partial charge in [-0.05, 0) is 18.2 Å². The zero-order valence-corrected chi connectivity index (χ0v) is 15.0. The van der Waals surface area contributed by atoms with Gasteiger partial charge in [-0.25, -0.2) is 0 Å². The van der Waals surface area contributed by atoms with Crippen molar-refractivity contribution in [3.05, 3.63) is 54.7 Å². The van der Waals surface area contributed by atoms with E-state index in [9.17, 15) is 4.79 Å². The predicted molar refractivity (Wildman–Crippen MR) is 102 cm³/mol. The lowest BCUT2D eigenvalue weighted by molar-refractivity contribution is -0.123. The van der Waals surface area contributed by atoms with Crippen LogP contribution in [0.5, 0.6) is 5.75 Å². The van der Waals surface area contributed by atoms with Crippen LogP contribution in [0.15, 0.2) is 54.7 Å². The van der Waals surface area contributed by atoms with E-state index in [-0.39, 0.29) is 5.91 Å². The monoisotopic (exact) mass is 334 g/mol. The number of hydrogen-bond donors (Lipinski definition) is 1. The lowest BCUT2D eigenvalue weighted by Gasteiger charge is -2.20. The summed E-state index contributed by atoms with van der Waals surface area (Å²) in [5.41, 5.74) is 2.90. The third-order valence-electron chi connectivity index (χ3n) is 4.08. The molecule has 3 aromatic rings. The molecule has 25 heavy (non-hydrogen) atoms. The molecule has 0 spiro atoms. The molecule has 0 saturated carbocycles. The zero-order chi connectivity index (χ0) is 18.0. The number of fused-ring (bicyclic) bond motifs is 1. The number of carbonyl (C=O) groups is 1. The molecule has 0 aliphatic rings. The topological polar surface area (TPSA) is 51.2 Å². The van der Waals surface area contributed by atoms with Crippen molar-refractivity contribution in [1.82, 2.24) is 4.98 Å². The predicted octanol–water partition coefficient (Wildman–Crippen LogP) is 4.90. The fourth-order valence-corrected chi connectivity index (χ4v) is 2.67. The van der Waals surface area contributed by atoms with Crippen LogP contribution in [0.1, 0.15) is 20.8 Å². The van der Waals surface area contributed by atoms with Crippen LogP contribution in [0.3, 0.4) is 0 Å². The summed E-state index contributed by atoms with van der Waals surface area (Å²) in [6.07, 6.45) is 1.75. The number of rotatable bonds is 3. The standard InChI is InChI=1S/C21H22N2O2/c1-21(2,3)20(24)23-17-10-6-5-9-15(17)16-12-11-14-8-7-13-22-18(14)19(16)25-4/h5-13H,1-4H3,(H,23,24). The van der Waals surface area contributed by atoms with Gasteiger partial charge >= 0.3 is 0 Å². The fraction of sp³-hybridized carbons (Fsp3) is 0.238. The Labute approximate surface area is 147 Å². The van der Waals surface area contributed by atoms with E-state index in [0.29, 0.717) is 5.75 Å². The first-order valence-corrected chi connectivity index (χ1v) is 8.24. The van der Waals surface area contributed by atoms with Crippen LogP contribution in [-0.2, 0) is 4.79 Å². The summed E-state index contributed by atoms with van der Waals surface area (Å²) in [5.74, 6) is 0.674. The van der Waals surface area contributed by atoms with Gasteiger partial charge in [-0.2, -0.15) is 0 Å². The first-order chi connectivity index (χ1) is 11.9. The highest BCUT2D eigenvalue weighted by atomic mass is 16.5. The van der Waals surface area contributed by atoms with Crippen LogP contribution in [-0.4, -0.2) is 18.0 Å². The van der Waals surface area contributed by atoms with E-state index in [0.717, 1.165) is 27.7 Å². The Morgan fingerprint density at radius 2 is 1.76 bits per heavy atom. The minimum absolute atomic E-state index is 0.0298. The number of methoxy groups -OCH3 is 1. The lowest BCUT2D eigenvalue weighted by atomic mass is 9.94. The van der Waals surface area contributed by atoms with Crippen LogP contribution in [0.2, 0.25) is 0 Å². The van der Waals surface area contributed by atoms with E-state index in [4.69, 9.17) is 4.74 Å². The smallest absolute Gasteiger partial charge is 0.229 e. The zero-order valence-electron chi connectivity index (χ0n) is 15.0. The van der Waals surface area contributed by atoms with Crippen LogP contribution in [0.25, 0.3) is 22.0 Å². The normalized spacial score (nSPS) is 11.4. The number of para-hydroxylation sites is 1. The molecule has 1 heterocycles. The van der Waals surface area contributed by atoms with Gasteiger partial charge in [-0.15, -0.1) is 0 Å². The molecule has 0 aliphatic heterocycles. The highest BCUT2D eigenvalue weighted by Crippen LogP contribution is 2.39. The number of aromatic nitrogens is 1. The van der Waals surface area contributed by atoms with Crippen molar-refractivity contribution in [3.63, 3.8) is 0 Å². The minimum Gasteiger partial charge on any atom is -0.494 e. The molecular formula is C21H22N2O2. The first kappa shape index (κ1) is 17.0. The first-order valence-electron chi connectivity index (χ1n) is 8.24. The van der Waals surface area contributed by atoms with Gasteiger partial charge in [0.15, 0.2) is 5.75 Å². The van der Waals surface area contributed by atoms with Crippen LogP contribution in [0, 0.1) is 5.41 Å². The van der Waals surface area contributed by atoms with Crippen molar-refractivity contribution in [1.29, 1.82) is 0 Å². The number of nitrogens with one attached hydrogen (secondary N) is 1. The minimum atomic E-state index is -0.470. The van der Waals surface area contributed by atoms with Crippen molar-refractivity contribution in [2.24, 2.45) is 5.41 Å². The maximum absolute atomic E-state index is 12.4. The average molecular weight is 334 g/mol. The van der Waals surface area contributed by atoms with Gasteiger partial charge < -0.3 is 10.1 Å². The molecule has 3 rings (SSSR count). The van der Waals surface area contributed by atoms with Gasteiger partial charge in [0.1, 0.15) is 5.52 Å². The molecule has 0 saturated heterocycles. The van der Waals surface area contributed by atoms with E-state index in [1.54, 1.807) is 13.3 Å². The molecule has 0 fully saturated rings. The molecule has 128 valence electrons. The van der Waals surface area contributed by atoms with E-state index in [2.05, 4.69) is 10.3 Å². The van der Waals surface area contributed by atoms with Crippen LogP contribution in [0.4, 0.5) is 5.69 Å². The molecule has 1 aromatic heterocycles. The number of amides is 1. The van der Waals surface area contributed by atoms with Gasteiger partial charge in [0, 0.05) is 33.8 Å². The number of ether oxygens (including phenoxy) is 1. The van der Waals surface area contributed by atoms with Gasteiger partial charge in [0.25, 0.3) is 0 Å². The molecule has 0 aliphatic carbocycles. The molecule has 0 radical (unpaired) electrons. The highest BCUT2D eigenvalue weighted by molar-refractivity contribution is 6.01. The molecule has 0 unspecified atom stereocenters. The molecule has 2 aromatic carbocycles. The Kier molecular flexibility index (Phi) is 4.45. The van der Waals surface area contributed by atoms with E-state index >= 15 is 0 Å². The summed E-state index contributed by atoms with van der Waals surface area (Å²) < 4.78 is 5.67. The maximum atomic E-state index is 12.4. The summed E-state index contributed by atoms with van der Waals surface area (Å²) in [5, 5.41) is 4.05. The SMILES string of the molecule is COc1c(-c2ccccc2NC(=O)C(C)(C)C)ccc2cccnc12. The van der Waals surface area contributed by atoms with E-state index < -0.39 is 5.41 Å².